The number of methoxy groups -OCH3 is 1. The van der Waals surface area contributed by atoms with E-state index in [0.29, 0.717) is 49.8 Å². The number of piperidine rings is 1. The number of rotatable bonds is 7. The summed E-state index contributed by atoms with van der Waals surface area (Å²) < 4.78 is 6.51. The fourth-order valence-electron chi connectivity index (χ4n) is 3.31. The fourth-order valence-corrected chi connectivity index (χ4v) is 3.31. The molecule has 2 aromatic heterocycles. The van der Waals surface area contributed by atoms with Gasteiger partial charge in [-0.2, -0.15) is 0 Å². The van der Waals surface area contributed by atoms with E-state index < -0.39 is 0 Å². The molecule has 0 aromatic carbocycles. The second-order valence-electron chi connectivity index (χ2n) is 6.64. The van der Waals surface area contributed by atoms with Gasteiger partial charge >= 0.3 is 6.03 Å². The van der Waals surface area contributed by atoms with Gasteiger partial charge in [-0.1, -0.05) is 6.08 Å². The number of allylic oxidation sites excluding steroid dienone is 1. The molecule has 9 nitrogen and oxygen atoms in total. The van der Waals surface area contributed by atoms with Crippen LogP contribution < -0.4 is 21.1 Å². The predicted octanol–water partition coefficient (Wildman–Crippen LogP) is 0.892. The summed E-state index contributed by atoms with van der Waals surface area (Å²) in [7, 11) is 1.59. The maximum Gasteiger partial charge on any atom is 0.315 e. The molecule has 0 bridgehead atoms. The average molecular weight is 386 g/mol. The van der Waals surface area contributed by atoms with E-state index in [-0.39, 0.29) is 17.6 Å². The van der Waals surface area contributed by atoms with Crippen molar-refractivity contribution in [2.45, 2.75) is 25.4 Å². The summed E-state index contributed by atoms with van der Waals surface area (Å²) in [6.07, 6.45) is 4.81. The minimum absolute atomic E-state index is 0.0660. The molecule has 1 saturated heterocycles. The second-order valence-corrected chi connectivity index (χ2v) is 6.64. The molecule has 3 heterocycles. The van der Waals surface area contributed by atoms with Crippen molar-refractivity contribution >= 4 is 23.0 Å². The summed E-state index contributed by atoms with van der Waals surface area (Å²) in [5.41, 5.74) is 1.06. The highest BCUT2D eigenvalue weighted by atomic mass is 16.5. The average Bonchev–Trinajstić information content (AvgIpc) is 2.71. The molecule has 0 aliphatic carbocycles. The molecule has 0 spiro atoms. The van der Waals surface area contributed by atoms with E-state index in [1.54, 1.807) is 30.0 Å². The maximum absolute atomic E-state index is 13.0. The zero-order valence-electron chi connectivity index (χ0n) is 16.1. The van der Waals surface area contributed by atoms with E-state index >= 15 is 0 Å². The molecule has 0 unspecified atom stereocenters. The van der Waals surface area contributed by atoms with Crippen LogP contribution in [0.25, 0.3) is 11.2 Å². The Morgan fingerprint density at radius 3 is 2.93 bits per heavy atom. The second kappa shape index (κ2) is 9.32. The molecule has 0 saturated carbocycles. The molecule has 0 atom stereocenters. The number of fused-ring (bicyclic) bond motifs is 1. The van der Waals surface area contributed by atoms with Gasteiger partial charge in [0.2, 0.25) is 0 Å². The minimum atomic E-state index is -0.196. The number of carbonyl (C=O) groups excluding carboxylic acids is 1. The van der Waals surface area contributed by atoms with Crippen molar-refractivity contribution in [2.24, 2.45) is 0 Å². The van der Waals surface area contributed by atoms with Crippen molar-refractivity contribution in [2.75, 3.05) is 38.3 Å². The van der Waals surface area contributed by atoms with E-state index in [0.717, 1.165) is 12.8 Å². The normalized spacial score (nSPS) is 14.8. The molecule has 2 N–H and O–H groups in total. The van der Waals surface area contributed by atoms with E-state index in [9.17, 15) is 9.59 Å². The summed E-state index contributed by atoms with van der Waals surface area (Å²) in [5.74, 6) is 0.422. The van der Waals surface area contributed by atoms with E-state index in [1.807, 2.05) is 11.0 Å². The molecule has 1 fully saturated rings. The molecule has 1 aliphatic rings. The van der Waals surface area contributed by atoms with Crippen LogP contribution in [0.4, 0.5) is 10.6 Å². The third kappa shape index (κ3) is 4.48. The fraction of sp³-hybridized carbons (Fsp3) is 0.474. The van der Waals surface area contributed by atoms with Gasteiger partial charge in [0.15, 0.2) is 11.5 Å². The molecular weight excluding hydrogens is 360 g/mol. The highest BCUT2D eigenvalue weighted by Gasteiger charge is 2.24. The third-order valence-corrected chi connectivity index (χ3v) is 4.72. The smallest absolute Gasteiger partial charge is 0.315 e. The standard InChI is InChI=1S/C19H26N6O3/c1-3-10-25-16-15(5-4-8-20-16)23-17(18(25)26)24-11-6-14(7-12-24)22-19(27)21-9-13-28-2/h3-5,8,14H,1,6-7,9-13H2,2H3,(H2,21,22,27). The number of amides is 2. The molecule has 9 heteroatoms. The van der Waals surface area contributed by atoms with Gasteiger partial charge in [-0.05, 0) is 25.0 Å². The Kier molecular flexibility index (Phi) is 6.59. The summed E-state index contributed by atoms with van der Waals surface area (Å²) >= 11 is 0. The van der Waals surface area contributed by atoms with Crippen LogP contribution in [0, 0.1) is 0 Å². The van der Waals surface area contributed by atoms with Crippen LogP contribution in [-0.4, -0.2) is 60.0 Å². The van der Waals surface area contributed by atoms with Gasteiger partial charge in [0.05, 0.1) is 6.61 Å². The van der Waals surface area contributed by atoms with E-state index in [2.05, 4.69) is 27.2 Å². The first-order valence-corrected chi connectivity index (χ1v) is 9.38. The lowest BCUT2D eigenvalue weighted by atomic mass is 10.1. The number of nitrogens with one attached hydrogen (secondary N) is 2. The number of nitrogens with zero attached hydrogens (tertiary/aromatic N) is 4. The quantitative estimate of drug-likeness (QED) is 0.541. The Balaban J connectivity index is 1.70. The van der Waals surface area contributed by atoms with Gasteiger partial charge in [0, 0.05) is 45.5 Å². The zero-order valence-corrected chi connectivity index (χ0v) is 16.1. The first-order chi connectivity index (χ1) is 13.6. The summed E-state index contributed by atoms with van der Waals surface area (Å²) in [4.78, 5) is 35.7. The van der Waals surface area contributed by atoms with Gasteiger partial charge in [0.1, 0.15) is 5.52 Å². The Bertz CT molecular complexity index is 889. The Hall–Kier alpha value is -2.94. The van der Waals surface area contributed by atoms with Crippen LogP contribution in [-0.2, 0) is 11.3 Å². The van der Waals surface area contributed by atoms with Crippen molar-refractivity contribution in [3.8, 4) is 0 Å². The number of ether oxygens (including phenoxy) is 1. The molecule has 3 rings (SSSR count). The molecule has 2 aromatic rings. The number of hydrogen-bond acceptors (Lipinski definition) is 6. The third-order valence-electron chi connectivity index (χ3n) is 4.72. The van der Waals surface area contributed by atoms with Gasteiger partial charge in [-0.15, -0.1) is 6.58 Å². The highest BCUT2D eigenvalue weighted by molar-refractivity contribution is 5.74. The van der Waals surface area contributed by atoms with Gasteiger partial charge in [-0.25, -0.2) is 14.8 Å². The van der Waals surface area contributed by atoms with Crippen molar-refractivity contribution in [1.29, 1.82) is 0 Å². The van der Waals surface area contributed by atoms with Crippen molar-refractivity contribution in [3.63, 3.8) is 0 Å². The molecule has 28 heavy (non-hydrogen) atoms. The number of hydrogen-bond donors (Lipinski definition) is 2. The number of urea groups is 1. The molecule has 2 amide bonds. The van der Waals surface area contributed by atoms with Crippen LogP contribution in [0.15, 0.2) is 35.8 Å². The Morgan fingerprint density at radius 2 is 2.21 bits per heavy atom. The van der Waals surface area contributed by atoms with Crippen LogP contribution >= 0.6 is 0 Å². The summed E-state index contributed by atoms with van der Waals surface area (Å²) in [6, 6.07) is 3.53. The Morgan fingerprint density at radius 1 is 1.43 bits per heavy atom. The lowest BCUT2D eigenvalue weighted by molar-refractivity contribution is 0.194. The van der Waals surface area contributed by atoms with E-state index in [4.69, 9.17) is 4.74 Å². The van der Waals surface area contributed by atoms with Crippen LogP contribution in [0.5, 0.6) is 0 Å². The summed E-state index contributed by atoms with van der Waals surface area (Å²) in [5, 5.41) is 5.72. The minimum Gasteiger partial charge on any atom is -0.383 e. The molecule has 0 radical (unpaired) electrons. The summed E-state index contributed by atoms with van der Waals surface area (Å²) in [6.45, 7) is 6.35. The largest absolute Gasteiger partial charge is 0.383 e. The lowest BCUT2D eigenvalue weighted by Crippen LogP contribution is -2.49. The number of carbonyl (C=O) groups is 1. The van der Waals surface area contributed by atoms with Crippen LogP contribution in [0.2, 0.25) is 0 Å². The number of aromatic nitrogens is 3. The van der Waals surface area contributed by atoms with Gasteiger partial charge in [-0.3, -0.25) is 9.36 Å². The highest BCUT2D eigenvalue weighted by Crippen LogP contribution is 2.17. The molecule has 1 aliphatic heterocycles. The van der Waals surface area contributed by atoms with Crippen LogP contribution in [0.3, 0.4) is 0 Å². The van der Waals surface area contributed by atoms with Gasteiger partial charge in [0.25, 0.3) is 5.56 Å². The zero-order chi connectivity index (χ0) is 19.9. The topological polar surface area (TPSA) is 101 Å². The van der Waals surface area contributed by atoms with Crippen molar-refractivity contribution in [1.82, 2.24) is 25.2 Å². The van der Waals surface area contributed by atoms with Crippen molar-refractivity contribution < 1.29 is 9.53 Å². The van der Waals surface area contributed by atoms with Crippen LogP contribution in [0.1, 0.15) is 12.8 Å². The molecule has 150 valence electrons. The maximum atomic E-state index is 13.0. The van der Waals surface area contributed by atoms with Crippen molar-refractivity contribution in [3.05, 3.63) is 41.3 Å². The first-order valence-electron chi connectivity index (χ1n) is 9.38. The lowest BCUT2D eigenvalue weighted by Gasteiger charge is -2.33. The Labute approximate surface area is 163 Å². The monoisotopic (exact) mass is 386 g/mol. The predicted molar refractivity (Wildman–Crippen MR) is 108 cm³/mol. The van der Waals surface area contributed by atoms with Gasteiger partial charge < -0.3 is 20.3 Å². The SMILES string of the molecule is C=CCn1c(=O)c(N2CCC(NC(=O)NCCOC)CC2)nc2cccnc21. The number of pyridine rings is 1. The number of anilines is 1. The first kappa shape index (κ1) is 19.8. The molecular formula is C19H26N6O3. The van der Waals surface area contributed by atoms with E-state index in [1.165, 1.54) is 0 Å².